The van der Waals surface area contributed by atoms with Gasteiger partial charge in [0.15, 0.2) is 0 Å². The molecule has 142 valence electrons. The van der Waals surface area contributed by atoms with Crippen LogP contribution in [0.1, 0.15) is 22.3 Å². The molecule has 2 rings (SSSR count). The minimum absolute atomic E-state index is 0.126. The number of hydrogen-bond acceptors (Lipinski definition) is 4. The number of sulfonamides is 1. The van der Waals surface area contributed by atoms with Crippen LogP contribution in [0, 0.1) is 27.7 Å². The van der Waals surface area contributed by atoms with Crippen LogP contribution in [0.25, 0.3) is 0 Å². The standard InChI is InChI=1S/C19H24ClNO4S/c1-12-10-17(24-5)18(11-13(12)2)26(22,23)21-6-7-25-16-8-14(3)19(20)15(4)9-16/h8-11,21H,6-7H2,1-5H3. The van der Waals surface area contributed by atoms with Crippen molar-refractivity contribution in [2.45, 2.75) is 32.6 Å². The maximum absolute atomic E-state index is 12.6. The normalized spacial score (nSPS) is 11.5. The van der Waals surface area contributed by atoms with Gasteiger partial charge in [-0.15, -0.1) is 0 Å². The van der Waals surface area contributed by atoms with Gasteiger partial charge in [-0.2, -0.15) is 0 Å². The summed E-state index contributed by atoms with van der Waals surface area (Å²) in [6.45, 7) is 7.91. The lowest BCUT2D eigenvalue weighted by atomic mass is 10.1. The van der Waals surface area contributed by atoms with Crippen molar-refractivity contribution in [3.05, 3.63) is 51.5 Å². The molecule has 7 heteroatoms. The number of aryl methyl sites for hydroxylation is 4. The largest absolute Gasteiger partial charge is 0.495 e. The van der Waals surface area contributed by atoms with Gasteiger partial charge in [-0.05, 0) is 74.2 Å². The highest BCUT2D eigenvalue weighted by Crippen LogP contribution is 2.27. The van der Waals surface area contributed by atoms with Crippen molar-refractivity contribution in [3.8, 4) is 11.5 Å². The molecular formula is C19H24ClNO4S. The first-order chi connectivity index (χ1) is 12.2. The maximum atomic E-state index is 12.6. The molecule has 0 aliphatic carbocycles. The molecule has 0 saturated heterocycles. The Morgan fingerprint density at radius 1 is 0.962 bits per heavy atom. The van der Waals surface area contributed by atoms with Gasteiger partial charge in [0, 0.05) is 11.6 Å². The molecule has 2 aromatic carbocycles. The Morgan fingerprint density at radius 3 is 2.12 bits per heavy atom. The van der Waals surface area contributed by atoms with Crippen LogP contribution in [0.4, 0.5) is 0 Å². The molecule has 0 bridgehead atoms. The lowest BCUT2D eigenvalue weighted by Crippen LogP contribution is -2.28. The van der Waals surface area contributed by atoms with Crippen LogP contribution < -0.4 is 14.2 Å². The number of benzene rings is 2. The highest BCUT2D eigenvalue weighted by atomic mass is 35.5. The lowest BCUT2D eigenvalue weighted by Gasteiger charge is -2.14. The molecule has 0 spiro atoms. The second-order valence-corrected chi connectivity index (χ2v) is 8.32. The Balaban J connectivity index is 2.04. The van der Waals surface area contributed by atoms with Crippen LogP contribution in [-0.2, 0) is 10.0 Å². The SMILES string of the molecule is COc1cc(C)c(C)cc1S(=O)(=O)NCCOc1cc(C)c(Cl)c(C)c1. The van der Waals surface area contributed by atoms with Crippen molar-refractivity contribution in [1.82, 2.24) is 4.72 Å². The minimum atomic E-state index is -3.70. The van der Waals surface area contributed by atoms with Gasteiger partial charge < -0.3 is 9.47 Å². The molecule has 1 N–H and O–H groups in total. The van der Waals surface area contributed by atoms with E-state index in [1.54, 1.807) is 12.1 Å². The third-order valence-corrected chi connectivity index (χ3v) is 6.22. The van der Waals surface area contributed by atoms with Crippen LogP contribution in [0.5, 0.6) is 11.5 Å². The van der Waals surface area contributed by atoms with E-state index in [1.807, 2.05) is 39.8 Å². The van der Waals surface area contributed by atoms with Crippen molar-refractivity contribution >= 4 is 21.6 Å². The summed E-state index contributed by atoms with van der Waals surface area (Å²) in [6, 6.07) is 7.00. The topological polar surface area (TPSA) is 64.6 Å². The molecule has 2 aromatic rings. The Bertz CT molecular complexity index is 887. The number of hydrogen-bond donors (Lipinski definition) is 1. The molecule has 0 radical (unpaired) electrons. The van der Waals surface area contributed by atoms with Crippen molar-refractivity contribution in [2.24, 2.45) is 0 Å². The summed E-state index contributed by atoms with van der Waals surface area (Å²) in [5.74, 6) is 0.984. The smallest absolute Gasteiger partial charge is 0.244 e. The van der Waals surface area contributed by atoms with Gasteiger partial charge in [0.1, 0.15) is 23.0 Å². The van der Waals surface area contributed by atoms with E-state index in [1.165, 1.54) is 7.11 Å². The fourth-order valence-electron chi connectivity index (χ4n) is 2.54. The molecule has 0 heterocycles. The summed E-state index contributed by atoms with van der Waals surface area (Å²) in [7, 11) is -2.24. The summed E-state index contributed by atoms with van der Waals surface area (Å²) in [6.07, 6.45) is 0. The van der Waals surface area contributed by atoms with E-state index in [2.05, 4.69) is 4.72 Å². The highest BCUT2D eigenvalue weighted by molar-refractivity contribution is 7.89. The van der Waals surface area contributed by atoms with Gasteiger partial charge in [0.25, 0.3) is 0 Å². The minimum Gasteiger partial charge on any atom is -0.495 e. The van der Waals surface area contributed by atoms with Gasteiger partial charge in [0.2, 0.25) is 10.0 Å². The van der Waals surface area contributed by atoms with Gasteiger partial charge in [-0.1, -0.05) is 11.6 Å². The fourth-order valence-corrected chi connectivity index (χ4v) is 3.90. The van der Waals surface area contributed by atoms with E-state index in [0.29, 0.717) is 16.5 Å². The van der Waals surface area contributed by atoms with Crippen molar-refractivity contribution < 1.29 is 17.9 Å². The predicted octanol–water partition coefficient (Wildman–Crippen LogP) is 3.94. The fraction of sp³-hybridized carbons (Fsp3) is 0.368. The Hall–Kier alpha value is -1.76. The molecule has 5 nitrogen and oxygen atoms in total. The second-order valence-electron chi connectivity index (χ2n) is 6.20. The summed E-state index contributed by atoms with van der Waals surface area (Å²) in [5.41, 5.74) is 3.69. The zero-order chi connectivity index (χ0) is 19.5. The predicted molar refractivity (Wildman–Crippen MR) is 104 cm³/mol. The monoisotopic (exact) mass is 397 g/mol. The van der Waals surface area contributed by atoms with Gasteiger partial charge in [-0.25, -0.2) is 13.1 Å². The zero-order valence-electron chi connectivity index (χ0n) is 15.6. The number of rotatable bonds is 7. The van der Waals surface area contributed by atoms with E-state index in [0.717, 1.165) is 22.3 Å². The third-order valence-electron chi connectivity index (χ3n) is 4.14. The van der Waals surface area contributed by atoms with Crippen molar-refractivity contribution in [2.75, 3.05) is 20.3 Å². The van der Waals surface area contributed by atoms with Gasteiger partial charge in [0.05, 0.1) is 7.11 Å². The average molecular weight is 398 g/mol. The summed E-state index contributed by atoms with van der Waals surface area (Å²) in [5, 5.41) is 0.708. The van der Waals surface area contributed by atoms with E-state index < -0.39 is 10.0 Å². The molecule has 0 saturated carbocycles. The first-order valence-electron chi connectivity index (χ1n) is 8.20. The molecule has 0 atom stereocenters. The van der Waals surface area contributed by atoms with E-state index in [4.69, 9.17) is 21.1 Å². The molecule has 0 aromatic heterocycles. The molecule has 0 aliphatic rings. The number of ether oxygens (including phenoxy) is 2. The van der Waals surface area contributed by atoms with Gasteiger partial charge >= 0.3 is 0 Å². The van der Waals surface area contributed by atoms with E-state index >= 15 is 0 Å². The molecule has 0 fully saturated rings. The number of halogens is 1. The molecule has 0 aliphatic heterocycles. The molecular weight excluding hydrogens is 374 g/mol. The zero-order valence-corrected chi connectivity index (χ0v) is 17.2. The van der Waals surface area contributed by atoms with E-state index in [9.17, 15) is 8.42 Å². The molecule has 26 heavy (non-hydrogen) atoms. The Labute approximate surface area is 160 Å². The first kappa shape index (κ1) is 20.6. The van der Waals surface area contributed by atoms with Crippen molar-refractivity contribution in [3.63, 3.8) is 0 Å². The summed E-state index contributed by atoms with van der Waals surface area (Å²) >= 11 is 6.13. The van der Waals surface area contributed by atoms with Crippen LogP contribution in [0.3, 0.4) is 0 Å². The van der Waals surface area contributed by atoms with E-state index in [-0.39, 0.29) is 18.0 Å². The quantitative estimate of drug-likeness (QED) is 0.718. The third kappa shape index (κ3) is 4.69. The Morgan fingerprint density at radius 2 is 1.54 bits per heavy atom. The van der Waals surface area contributed by atoms with Gasteiger partial charge in [-0.3, -0.25) is 0 Å². The number of nitrogens with one attached hydrogen (secondary N) is 1. The first-order valence-corrected chi connectivity index (χ1v) is 10.1. The molecule has 0 unspecified atom stereocenters. The average Bonchev–Trinajstić information content (AvgIpc) is 2.58. The van der Waals surface area contributed by atoms with Crippen LogP contribution >= 0.6 is 11.6 Å². The lowest BCUT2D eigenvalue weighted by molar-refractivity contribution is 0.322. The maximum Gasteiger partial charge on any atom is 0.244 e. The summed E-state index contributed by atoms with van der Waals surface area (Å²) < 4.78 is 38.6. The van der Waals surface area contributed by atoms with Crippen LogP contribution in [0.15, 0.2) is 29.2 Å². The Kier molecular flexibility index (Phi) is 6.55. The van der Waals surface area contributed by atoms with Crippen LogP contribution in [0.2, 0.25) is 5.02 Å². The summed E-state index contributed by atoms with van der Waals surface area (Å²) in [4.78, 5) is 0.126. The van der Waals surface area contributed by atoms with Crippen molar-refractivity contribution in [1.29, 1.82) is 0 Å². The second kappa shape index (κ2) is 8.29. The molecule has 0 amide bonds. The number of methoxy groups -OCH3 is 1. The highest BCUT2D eigenvalue weighted by Gasteiger charge is 2.20. The van der Waals surface area contributed by atoms with Crippen LogP contribution in [-0.4, -0.2) is 28.7 Å².